The second kappa shape index (κ2) is 6.57. The first-order valence-corrected chi connectivity index (χ1v) is 8.81. The first-order valence-electron chi connectivity index (χ1n) is 8.81. The van der Waals surface area contributed by atoms with Crippen LogP contribution in [0.4, 0.5) is 5.82 Å². The second-order valence-electron chi connectivity index (χ2n) is 6.72. The zero-order chi connectivity index (χ0) is 16.5. The fourth-order valence-corrected chi connectivity index (χ4v) is 3.85. The normalized spacial score (nSPS) is 21.1. The number of nitrogens with zero attached hydrogens (tertiary/aromatic N) is 5. The van der Waals surface area contributed by atoms with Crippen LogP contribution in [0.2, 0.25) is 0 Å². The predicted molar refractivity (Wildman–Crippen MR) is 92.2 cm³/mol. The van der Waals surface area contributed by atoms with E-state index in [1.54, 1.807) is 0 Å². The summed E-state index contributed by atoms with van der Waals surface area (Å²) < 4.78 is 9.78. The molecule has 0 aliphatic carbocycles. The molecule has 0 bridgehead atoms. The van der Waals surface area contributed by atoms with E-state index in [0.29, 0.717) is 6.04 Å². The van der Waals surface area contributed by atoms with Crippen molar-refractivity contribution in [2.75, 3.05) is 31.2 Å². The molecular formula is C17H26N6O. The molecule has 0 saturated carbocycles. The van der Waals surface area contributed by atoms with Gasteiger partial charge in [0.15, 0.2) is 0 Å². The molecule has 2 aliphatic heterocycles. The van der Waals surface area contributed by atoms with E-state index in [2.05, 4.69) is 38.0 Å². The van der Waals surface area contributed by atoms with Crippen molar-refractivity contribution in [1.82, 2.24) is 24.6 Å². The van der Waals surface area contributed by atoms with E-state index >= 15 is 0 Å². The van der Waals surface area contributed by atoms with Gasteiger partial charge in [-0.05, 0) is 13.3 Å². The summed E-state index contributed by atoms with van der Waals surface area (Å²) in [5.74, 6) is 2.45. The Hall–Kier alpha value is -1.86. The summed E-state index contributed by atoms with van der Waals surface area (Å²) >= 11 is 0. The third-order valence-electron chi connectivity index (χ3n) is 5.13. The summed E-state index contributed by atoms with van der Waals surface area (Å²) in [6.45, 7) is 7.44. The molecule has 1 atom stereocenters. The van der Waals surface area contributed by atoms with E-state index in [0.717, 1.165) is 57.9 Å². The first kappa shape index (κ1) is 15.7. The lowest BCUT2D eigenvalue weighted by molar-refractivity contribution is 0.122. The fraction of sp³-hybridized carbons (Fsp3) is 0.647. The standard InChI is InChI=1S/C17H26N6O/c1-13-15(17(21(2)20-13)22-7-9-24-10-8-22)11-19-14-3-4-16-18-5-6-23(16)12-14/h5-6,14,19H,3-4,7-12H2,1-2H3/t14-/m1/s1. The topological polar surface area (TPSA) is 60.1 Å². The highest BCUT2D eigenvalue weighted by Gasteiger charge is 2.23. The Kier molecular flexibility index (Phi) is 4.28. The Bertz CT molecular complexity index is 700. The SMILES string of the molecule is Cc1nn(C)c(N2CCOCC2)c1CN[C@@H]1CCc2nccn2C1. The number of aryl methyl sites for hydroxylation is 3. The van der Waals surface area contributed by atoms with Gasteiger partial charge in [0, 0.05) is 63.6 Å². The molecule has 7 nitrogen and oxygen atoms in total. The van der Waals surface area contributed by atoms with Gasteiger partial charge in [-0.2, -0.15) is 5.10 Å². The van der Waals surface area contributed by atoms with Gasteiger partial charge >= 0.3 is 0 Å². The van der Waals surface area contributed by atoms with E-state index in [1.807, 2.05) is 17.9 Å². The third kappa shape index (κ3) is 2.93. The molecule has 0 unspecified atom stereocenters. The maximum absolute atomic E-state index is 5.49. The van der Waals surface area contributed by atoms with Crippen LogP contribution in [0.25, 0.3) is 0 Å². The van der Waals surface area contributed by atoms with Crippen LogP contribution in [0.5, 0.6) is 0 Å². The summed E-state index contributed by atoms with van der Waals surface area (Å²) in [5.41, 5.74) is 2.43. The van der Waals surface area contributed by atoms with E-state index < -0.39 is 0 Å². The highest BCUT2D eigenvalue weighted by atomic mass is 16.5. The molecule has 0 spiro atoms. The molecule has 2 aromatic heterocycles. The molecule has 1 saturated heterocycles. The van der Waals surface area contributed by atoms with Gasteiger partial charge in [0.25, 0.3) is 0 Å². The average Bonchev–Trinajstić information content (AvgIpc) is 3.17. The molecule has 130 valence electrons. The quantitative estimate of drug-likeness (QED) is 0.901. The summed E-state index contributed by atoms with van der Waals surface area (Å²) in [5, 5.41) is 8.40. The van der Waals surface area contributed by atoms with Crippen molar-refractivity contribution in [3.05, 3.63) is 29.5 Å². The van der Waals surface area contributed by atoms with Crippen LogP contribution < -0.4 is 10.2 Å². The number of aromatic nitrogens is 4. The average molecular weight is 330 g/mol. The van der Waals surface area contributed by atoms with Crippen molar-refractivity contribution in [1.29, 1.82) is 0 Å². The molecule has 4 heterocycles. The van der Waals surface area contributed by atoms with Crippen LogP contribution in [0.1, 0.15) is 23.5 Å². The molecule has 1 N–H and O–H groups in total. The number of imidazole rings is 1. The first-order chi connectivity index (χ1) is 11.7. The smallest absolute Gasteiger partial charge is 0.131 e. The van der Waals surface area contributed by atoms with Gasteiger partial charge < -0.3 is 19.5 Å². The van der Waals surface area contributed by atoms with Crippen LogP contribution >= 0.6 is 0 Å². The van der Waals surface area contributed by atoms with Crippen molar-refractivity contribution in [2.45, 2.75) is 38.9 Å². The number of morpholine rings is 1. The van der Waals surface area contributed by atoms with E-state index in [-0.39, 0.29) is 0 Å². The van der Waals surface area contributed by atoms with Gasteiger partial charge in [0.2, 0.25) is 0 Å². The monoisotopic (exact) mass is 330 g/mol. The van der Waals surface area contributed by atoms with Crippen molar-refractivity contribution >= 4 is 5.82 Å². The lowest BCUT2D eigenvalue weighted by Crippen LogP contribution is -2.39. The van der Waals surface area contributed by atoms with Crippen molar-refractivity contribution in [3.63, 3.8) is 0 Å². The van der Waals surface area contributed by atoms with Crippen LogP contribution in [-0.4, -0.2) is 51.7 Å². The second-order valence-corrected chi connectivity index (χ2v) is 6.72. The largest absolute Gasteiger partial charge is 0.378 e. The molecule has 0 aromatic carbocycles. The molecule has 1 fully saturated rings. The Balaban J connectivity index is 1.46. The summed E-state index contributed by atoms with van der Waals surface area (Å²) in [7, 11) is 2.04. The highest BCUT2D eigenvalue weighted by Crippen LogP contribution is 2.24. The number of anilines is 1. The molecule has 2 aliphatic rings. The predicted octanol–water partition coefficient (Wildman–Crippen LogP) is 0.866. The molecule has 24 heavy (non-hydrogen) atoms. The van der Waals surface area contributed by atoms with Crippen LogP contribution in [-0.2, 0) is 31.3 Å². The van der Waals surface area contributed by atoms with Crippen LogP contribution in [0, 0.1) is 6.92 Å². The van der Waals surface area contributed by atoms with Crippen LogP contribution in [0.15, 0.2) is 12.4 Å². The molecular weight excluding hydrogens is 304 g/mol. The van der Waals surface area contributed by atoms with Gasteiger partial charge in [-0.25, -0.2) is 4.98 Å². The van der Waals surface area contributed by atoms with Crippen molar-refractivity contribution in [2.24, 2.45) is 7.05 Å². The zero-order valence-corrected chi connectivity index (χ0v) is 14.5. The van der Waals surface area contributed by atoms with Crippen molar-refractivity contribution in [3.8, 4) is 0 Å². The molecule has 7 heteroatoms. The van der Waals surface area contributed by atoms with E-state index in [9.17, 15) is 0 Å². The minimum atomic E-state index is 0.490. The molecule has 0 radical (unpaired) electrons. The van der Waals surface area contributed by atoms with E-state index in [1.165, 1.54) is 17.2 Å². The van der Waals surface area contributed by atoms with Gasteiger partial charge in [-0.3, -0.25) is 4.68 Å². The van der Waals surface area contributed by atoms with Gasteiger partial charge in [-0.1, -0.05) is 0 Å². The van der Waals surface area contributed by atoms with E-state index in [4.69, 9.17) is 4.74 Å². The van der Waals surface area contributed by atoms with Gasteiger partial charge in [-0.15, -0.1) is 0 Å². The number of ether oxygens (including phenoxy) is 1. The summed E-state index contributed by atoms with van der Waals surface area (Å²) in [6, 6.07) is 0.490. The number of hydrogen-bond acceptors (Lipinski definition) is 5. The number of rotatable bonds is 4. The molecule has 2 aromatic rings. The van der Waals surface area contributed by atoms with Crippen LogP contribution in [0.3, 0.4) is 0 Å². The lowest BCUT2D eigenvalue weighted by Gasteiger charge is -2.30. The Labute approximate surface area is 142 Å². The molecule has 0 amide bonds. The lowest BCUT2D eigenvalue weighted by atomic mass is 10.1. The molecule has 4 rings (SSSR count). The zero-order valence-electron chi connectivity index (χ0n) is 14.5. The van der Waals surface area contributed by atoms with Gasteiger partial charge in [0.05, 0.1) is 18.9 Å². The minimum absolute atomic E-state index is 0.490. The maximum atomic E-state index is 5.49. The third-order valence-corrected chi connectivity index (χ3v) is 5.13. The number of nitrogens with one attached hydrogen (secondary N) is 1. The number of hydrogen-bond donors (Lipinski definition) is 1. The Morgan fingerprint density at radius 2 is 2.17 bits per heavy atom. The highest BCUT2D eigenvalue weighted by molar-refractivity contribution is 5.50. The maximum Gasteiger partial charge on any atom is 0.131 e. The fourth-order valence-electron chi connectivity index (χ4n) is 3.85. The Morgan fingerprint density at radius 1 is 1.33 bits per heavy atom. The summed E-state index contributed by atoms with van der Waals surface area (Å²) in [6.07, 6.45) is 6.17. The van der Waals surface area contributed by atoms with Gasteiger partial charge in [0.1, 0.15) is 11.6 Å². The Morgan fingerprint density at radius 3 is 3.00 bits per heavy atom. The van der Waals surface area contributed by atoms with Crippen molar-refractivity contribution < 1.29 is 4.74 Å². The number of fused-ring (bicyclic) bond motifs is 1. The summed E-state index contributed by atoms with van der Waals surface area (Å²) in [4.78, 5) is 6.80. The minimum Gasteiger partial charge on any atom is -0.378 e.